The van der Waals surface area contributed by atoms with Crippen LogP contribution in [0, 0.1) is 0 Å². The average Bonchev–Trinajstić information content (AvgIpc) is 3.06. The summed E-state index contributed by atoms with van der Waals surface area (Å²) in [4.78, 5) is 75.0. The lowest BCUT2D eigenvalue weighted by Gasteiger charge is -2.27. The Balaban J connectivity index is 1.43. The molecule has 0 spiro atoms. The van der Waals surface area contributed by atoms with Gasteiger partial charge in [0.2, 0.25) is 17.6 Å². The van der Waals surface area contributed by atoms with E-state index in [-0.39, 0.29) is 41.5 Å². The predicted molar refractivity (Wildman–Crippen MR) is 124 cm³/mol. The van der Waals surface area contributed by atoms with Crippen LogP contribution in [0.15, 0.2) is 42.5 Å². The highest BCUT2D eigenvalue weighted by molar-refractivity contribution is 6.42. The number of imide groups is 2. The summed E-state index contributed by atoms with van der Waals surface area (Å²) in [7, 11) is 0. The number of benzene rings is 2. The third kappa shape index (κ3) is 4.62. The highest BCUT2D eigenvalue weighted by Gasteiger charge is 2.44. The number of nitrogens with zero attached hydrogens (tertiary/aromatic N) is 1. The van der Waals surface area contributed by atoms with Gasteiger partial charge >= 0.3 is 0 Å². The van der Waals surface area contributed by atoms with Crippen LogP contribution in [0.3, 0.4) is 0 Å². The van der Waals surface area contributed by atoms with Crippen molar-refractivity contribution in [2.24, 2.45) is 0 Å². The summed E-state index contributed by atoms with van der Waals surface area (Å²) in [6.07, 6.45) is 0.103. The van der Waals surface area contributed by atoms with Crippen LogP contribution < -0.4 is 10.6 Å². The smallest absolute Gasteiger partial charge is 0.292 e. The van der Waals surface area contributed by atoms with E-state index < -0.39 is 41.4 Å². The van der Waals surface area contributed by atoms with E-state index in [2.05, 4.69) is 31.4 Å². The van der Waals surface area contributed by atoms with Gasteiger partial charge in [0.15, 0.2) is 0 Å². The Hall–Kier alpha value is -4.14. The number of carbonyl (C=O) groups excluding carboxylic acids is 6. The molecule has 0 bridgehead atoms. The van der Waals surface area contributed by atoms with E-state index in [9.17, 15) is 28.8 Å². The highest BCUT2D eigenvalue weighted by Crippen LogP contribution is 2.28. The molecule has 2 aromatic carbocycles. The van der Waals surface area contributed by atoms with Gasteiger partial charge < -0.3 is 5.32 Å². The summed E-state index contributed by atoms with van der Waals surface area (Å²) in [5.74, 6) is -3.84. The van der Waals surface area contributed by atoms with Gasteiger partial charge in [-0.05, 0) is 35.1 Å². The fraction of sp³-hybridized carbons (Fsp3) is 0.308. The molecule has 2 aliphatic heterocycles. The first-order chi connectivity index (χ1) is 16.5. The molecule has 0 radical (unpaired) electrons. The zero-order valence-electron chi connectivity index (χ0n) is 19.6. The quantitative estimate of drug-likeness (QED) is 0.386. The molecule has 1 atom stereocenters. The van der Waals surface area contributed by atoms with Crippen LogP contribution in [-0.4, -0.2) is 46.3 Å². The highest BCUT2D eigenvalue weighted by atomic mass is 16.2. The fourth-order valence-corrected chi connectivity index (χ4v) is 4.14. The van der Waals surface area contributed by atoms with Crippen molar-refractivity contribution >= 4 is 35.3 Å². The zero-order chi connectivity index (χ0) is 25.5. The number of fused-ring (bicyclic) bond motifs is 1. The van der Waals surface area contributed by atoms with Crippen LogP contribution >= 0.6 is 0 Å². The normalized spacial score (nSPS) is 17.8. The number of hydrogen-bond donors (Lipinski definition) is 2. The number of rotatable bonds is 5. The van der Waals surface area contributed by atoms with Crippen molar-refractivity contribution in [1.82, 2.24) is 15.5 Å². The number of carbonyl (C=O) groups is 6. The van der Waals surface area contributed by atoms with Crippen LogP contribution in [0.5, 0.6) is 0 Å². The molecule has 2 heterocycles. The second kappa shape index (κ2) is 8.90. The molecule has 180 valence electrons. The first-order valence-corrected chi connectivity index (χ1v) is 11.2. The maximum absolute atomic E-state index is 12.9. The molecule has 9 nitrogen and oxygen atoms in total. The molecule has 1 saturated heterocycles. The van der Waals surface area contributed by atoms with Crippen molar-refractivity contribution in [3.8, 4) is 0 Å². The number of amides is 5. The van der Waals surface area contributed by atoms with Gasteiger partial charge in [0.25, 0.3) is 17.7 Å². The molecule has 1 fully saturated rings. The molecule has 0 aliphatic carbocycles. The minimum atomic E-state index is -1.05. The van der Waals surface area contributed by atoms with E-state index >= 15 is 0 Å². The maximum Gasteiger partial charge on any atom is 0.292 e. The number of nitrogens with one attached hydrogen (secondary N) is 2. The summed E-state index contributed by atoms with van der Waals surface area (Å²) < 4.78 is 0. The van der Waals surface area contributed by atoms with Gasteiger partial charge in [-0.25, -0.2) is 0 Å². The molecule has 2 aromatic rings. The average molecular weight is 476 g/mol. The predicted octanol–water partition coefficient (Wildman–Crippen LogP) is 1.88. The van der Waals surface area contributed by atoms with Crippen LogP contribution in [0.4, 0.5) is 0 Å². The topological polar surface area (TPSA) is 130 Å². The third-order valence-corrected chi connectivity index (χ3v) is 6.18. The van der Waals surface area contributed by atoms with Gasteiger partial charge in [0, 0.05) is 18.5 Å². The Morgan fingerprint density at radius 1 is 0.971 bits per heavy atom. The number of ketones is 1. The summed E-state index contributed by atoms with van der Waals surface area (Å²) in [6.45, 7) is 6.12. The Morgan fingerprint density at radius 3 is 2.26 bits per heavy atom. The molecular weight excluding hydrogens is 450 g/mol. The Bertz CT molecular complexity index is 1270. The molecule has 4 rings (SSSR count). The minimum absolute atomic E-state index is 0.0299. The van der Waals surface area contributed by atoms with E-state index in [0.717, 1.165) is 10.5 Å². The van der Waals surface area contributed by atoms with E-state index in [4.69, 9.17) is 0 Å². The molecule has 35 heavy (non-hydrogen) atoms. The van der Waals surface area contributed by atoms with Gasteiger partial charge in [-0.15, -0.1) is 0 Å². The van der Waals surface area contributed by atoms with Crippen molar-refractivity contribution in [2.75, 3.05) is 0 Å². The SMILES string of the molecule is CC(C)(C)c1ccc(C(=O)C(=O)NCc2ccc3c(c2)C(=O)N(C2CCC(=O)NC2=O)C3=O)cc1. The molecule has 1 unspecified atom stereocenters. The summed E-state index contributed by atoms with van der Waals surface area (Å²) in [5, 5.41) is 4.70. The molecule has 5 amide bonds. The molecule has 0 aromatic heterocycles. The Kier molecular flexibility index (Phi) is 6.10. The lowest BCUT2D eigenvalue weighted by atomic mass is 9.86. The lowest BCUT2D eigenvalue weighted by Crippen LogP contribution is -2.54. The first-order valence-electron chi connectivity index (χ1n) is 11.2. The second-order valence-corrected chi connectivity index (χ2v) is 9.67. The third-order valence-electron chi connectivity index (χ3n) is 6.18. The van der Waals surface area contributed by atoms with E-state index in [1.165, 1.54) is 12.1 Å². The maximum atomic E-state index is 12.9. The van der Waals surface area contributed by atoms with E-state index in [1.54, 1.807) is 18.2 Å². The monoisotopic (exact) mass is 475 g/mol. The number of hydrogen-bond acceptors (Lipinski definition) is 6. The van der Waals surface area contributed by atoms with Gasteiger partial charge in [0.1, 0.15) is 6.04 Å². The largest absolute Gasteiger partial charge is 0.345 e. The zero-order valence-corrected chi connectivity index (χ0v) is 19.6. The van der Waals surface area contributed by atoms with E-state index in [0.29, 0.717) is 5.56 Å². The Morgan fingerprint density at radius 2 is 1.63 bits per heavy atom. The fourth-order valence-electron chi connectivity index (χ4n) is 4.14. The standard InChI is InChI=1S/C26H25N3O6/c1-26(2,3)16-7-5-15(6-8-16)21(31)23(33)27-13-14-4-9-17-18(12-14)25(35)29(24(17)34)19-10-11-20(30)28-22(19)32/h4-9,12,19H,10-11,13H2,1-3H3,(H,27,33)(H,28,30,32). The van der Waals surface area contributed by atoms with Crippen molar-refractivity contribution in [2.45, 2.75) is 51.6 Å². The van der Waals surface area contributed by atoms with Gasteiger partial charge in [0.05, 0.1) is 11.1 Å². The molecule has 0 saturated carbocycles. The van der Waals surface area contributed by atoms with E-state index in [1.807, 2.05) is 12.1 Å². The summed E-state index contributed by atoms with van der Waals surface area (Å²) >= 11 is 0. The van der Waals surface area contributed by atoms with Crippen molar-refractivity contribution in [1.29, 1.82) is 0 Å². The Labute approximate surface area is 201 Å². The molecule has 2 aliphatic rings. The molecule has 9 heteroatoms. The molecule has 2 N–H and O–H groups in total. The summed E-state index contributed by atoms with van der Waals surface area (Å²) in [5.41, 5.74) is 1.99. The van der Waals surface area contributed by atoms with Crippen LogP contribution in [0.2, 0.25) is 0 Å². The number of Topliss-reactive ketones (excluding diaryl/α,β-unsaturated/α-hetero) is 1. The number of piperidine rings is 1. The van der Waals surface area contributed by atoms with Crippen LogP contribution in [-0.2, 0) is 26.3 Å². The van der Waals surface area contributed by atoms with Crippen LogP contribution in [0.1, 0.15) is 75.8 Å². The van der Waals surface area contributed by atoms with Crippen molar-refractivity contribution in [3.63, 3.8) is 0 Å². The van der Waals surface area contributed by atoms with Crippen molar-refractivity contribution < 1.29 is 28.8 Å². The second-order valence-electron chi connectivity index (χ2n) is 9.67. The minimum Gasteiger partial charge on any atom is -0.345 e. The molecular formula is C26H25N3O6. The summed E-state index contributed by atoms with van der Waals surface area (Å²) in [6, 6.07) is 10.3. The van der Waals surface area contributed by atoms with Crippen molar-refractivity contribution in [3.05, 3.63) is 70.3 Å². The van der Waals surface area contributed by atoms with Gasteiger partial charge in [-0.3, -0.25) is 39.0 Å². The van der Waals surface area contributed by atoms with Crippen LogP contribution in [0.25, 0.3) is 0 Å². The van der Waals surface area contributed by atoms with Gasteiger partial charge in [-0.2, -0.15) is 0 Å². The lowest BCUT2D eigenvalue weighted by molar-refractivity contribution is -0.136. The first kappa shape index (κ1) is 24.0. The van der Waals surface area contributed by atoms with Gasteiger partial charge in [-0.1, -0.05) is 51.1 Å².